The minimum absolute atomic E-state index is 0.113. The van der Waals surface area contributed by atoms with Gasteiger partial charge < -0.3 is 4.74 Å². The molecule has 1 aliphatic heterocycles. The number of aryl methyl sites for hydroxylation is 2. The Morgan fingerprint density at radius 3 is 2.32 bits per heavy atom. The number of esters is 1. The van der Waals surface area contributed by atoms with Crippen molar-refractivity contribution in [2.24, 2.45) is 5.92 Å². The van der Waals surface area contributed by atoms with Crippen molar-refractivity contribution < 1.29 is 31.1 Å². The maximum Gasteiger partial charge on any atom is 0.416 e. The van der Waals surface area contributed by atoms with Gasteiger partial charge in [0, 0.05) is 18.7 Å². The Hall–Kier alpha value is -2.39. The van der Waals surface area contributed by atoms with E-state index in [1.54, 1.807) is 18.2 Å². The summed E-state index contributed by atoms with van der Waals surface area (Å²) < 4.78 is 71.4. The van der Waals surface area contributed by atoms with Gasteiger partial charge in [-0.1, -0.05) is 24.3 Å². The molecule has 31 heavy (non-hydrogen) atoms. The van der Waals surface area contributed by atoms with Crippen LogP contribution >= 0.6 is 0 Å². The monoisotopic (exact) mass is 455 g/mol. The van der Waals surface area contributed by atoms with Crippen molar-refractivity contribution in [1.29, 1.82) is 0 Å². The fraction of sp³-hybridized carbons (Fsp3) is 0.409. The second kappa shape index (κ2) is 9.00. The topological polar surface area (TPSA) is 63.7 Å². The fourth-order valence-corrected chi connectivity index (χ4v) is 5.10. The van der Waals surface area contributed by atoms with Gasteiger partial charge in [-0.3, -0.25) is 4.79 Å². The Labute approximate surface area is 179 Å². The number of piperidine rings is 1. The summed E-state index contributed by atoms with van der Waals surface area (Å²) in [5.74, 6) is -1.16. The molecule has 0 atom stereocenters. The van der Waals surface area contributed by atoms with Crippen LogP contribution in [0.4, 0.5) is 13.2 Å². The number of halogens is 3. The lowest BCUT2D eigenvalue weighted by molar-refractivity contribution is -0.153. The first-order chi connectivity index (χ1) is 14.5. The first kappa shape index (κ1) is 23.3. The van der Waals surface area contributed by atoms with Gasteiger partial charge in [0.2, 0.25) is 10.0 Å². The van der Waals surface area contributed by atoms with Crippen LogP contribution in [0.1, 0.15) is 35.1 Å². The van der Waals surface area contributed by atoms with Gasteiger partial charge in [-0.25, -0.2) is 8.42 Å². The highest BCUT2D eigenvalue weighted by atomic mass is 32.2. The van der Waals surface area contributed by atoms with Crippen molar-refractivity contribution in [3.8, 4) is 0 Å². The quantitative estimate of drug-likeness (QED) is 0.625. The molecular formula is C22H24F3NO4S. The van der Waals surface area contributed by atoms with E-state index in [9.17, 15) is 26.4 Å². The average Bonchev–Trinajstić information content (AvgIpc) is 2.73. The maximum absolute atomic E-state index is 13.1. The molecule has 1 heterocycles. The van der Waals surface area contributed by atoms with Crippen LogP contribution in [0.15, 0.2) is 47.4 Å². The third-order valence-electron chi connectivity index (χ3n) is 5.60. The van der Waals surface area contributed by atoms with Gasteiger partial charge in [0.25, 0.3) is 0 Å². The van der Waals surface area contributed by atoms with Gasteiger partial charge in [0.05, 0.1) is 16.4 Å². The van der Waals surface area contributed by atoms with E-state index >= 15 is 0 Å². The molecule has 3 rings (SSSR count). The van der Waals surface area contributed by atoms with Gasteiger partial charge >= 0.3 is 12.1 Å². The minimum Gasteiger partial charge on any atom is -0.461 e. The number of nitrogens with zero attached hydrogens (tertiary/aromatic N) is 1. The molecule has 0 aromatic heterocycles. The third-order valence-corrected chi connectivity index (χ3v) is 7.49. The van der Waals surface area contributed by atoms with Gasteiger partial charge in [0.15, 0.2) is 0 Å². The molecule has 9 heteroatoms. The predicted molar refractivity (Wildman–Crippen MR) is 109 cm³/mol. The molecular weight excluding hydrogens is 431 g/mol. The van der Waals surface area contributed by atoms with Crippen molar-refractivity contribution >= 4 is 16.0 Å². The maximum atomic E-state index is 13.1. The van der Waals surface area contributed by atoms with E-state index in [0.717, 1.165) is 17.2 Å². The van der Waals surface area contributed by atoms with E-state index in [1.165, 1.54) is 22.5 Å². The Morgan fingerprint density at radius 2 is 1.71 bits per heavy atom. The minimum atomic E-state index is -4.53. The van der Waals surface area contributed by atoms with Crippen molar-refractivity contribution in [3.63, 3.8) is 0 Å². The molecule has 0 N–H and O–H groups in total. The highest BCUT2D eigenvalue weighted by molar-refractivity contribution is 7.89. The molecule has 1 aliphatic rings. The molecule has 0 amide bonds. The number of sulfonamides is 1. The number of hydrogen-bond acceptors (Lipinski definition) is 4. The Bertz CT molecular complexity index is 1060. The largest absolute Gasteiger partial charge is 0.461 e. The summed E-state index contributed by atoms with van der Waals surface area (Å²) in [6.07, 6.45) is -4.02. The summed E-state index contributed by atoms with van der Waals surface area (Å²) in [5.41, 5.74) is 0.918. The molecule has 0 saturated carbocycles. The normalized spacial score (nSPS) is 16.3. The molecule has 0 spiro atoms. The number of alkyl halides is 3. The van der Waals surface area contributed by atoms with E-state index in [1.807, 2.05) is 13.8 Å². The van der Waals surface area contributed by atoms with E-state index in [2.05, 4.69) is 0 Å². The van der Waals surface area contributed by atoms with Crippen LogP contribution in [0, 0.1) is 19.8 Å². The molecule has 2 aromatic carbocycles. The number of benzene rings is 2. The summed E-state index contributed by atoms with van der Waals surface area (Å²) >= 11 is 0. The number of carbonyl (C=O) groups excluding carboxylic acids is 1. The lowest BCUT2D eigenvalue weighted by atomic mass is 9.98. The van der Waals surface area contributed by atoms with Crippen LogP contribution in [-0.4, -0.2) is 31.8 Å². The lowest BCUT2D eigenvalue weighted by Gasteiger charge is -2.30. The van der Waals surface area contributed by atoms with Crippen molar-refractivity contribution in [1.82, 2.24) is 4.31 Å². The summed E-state index contributed by atoms with van der Waals surface area (Å²) in [6.45, 7) is 3.56. The summed E-state index contributed by atoms with van der Waals surface area (Å²) in [6, 6.07) is 9.90. The zero-order valence-corrected chi connectivity index (χ0v) is 18.1. The Morgan fingerprint density at radius 1 is 1.06 bits per heavy atom. The number of hydrogen-bond donors (Lipinski definition) is 0. The zero-order valence-electron chi connectivity index (χ0n) is 17.3. The summed E-state index contributed by atoms with van der Waals surface area (Å²) in [4.78, 5) is 12.6. The highest BCUT2D eigenvalue weighted by Crippen LogP contribution is 2.32. The van der Waals surface area contributed by atoms with E-state index in [4.69, 9.17) is 4.74 Å². The second-order valence-electron chi connectivity index (χ2n) is 7.69. The van der Waals surface area contributed by atoms with Crippen LogP contribution < -0.4 is 0 Å². The van der Waals surface area contributed by atoms with Crippen LogP contribution in [0.25, 0.3) is 0 Å². The Kier molecular flexibility index (Phi) is 6.76. The molecule has 1 fully saturated rings. The number of ether oxygens (including phenoxy) is 1. The van der Waals surface area contributed by atoms with Crippen LogP contribution in [0.3, 0.4) is 0 Å². The second-order valence-corrected chi connectivity index (χ2v) is 9.62. The summed E-state index contributed by atoms with van der Waals surface area (Å²) in [5, 5.41) is 0. The Balaban J connectivity index is 1.60. The number of rotatable bonds is 5. The SMILES string of the molecule is Cc1ccc(S(=O)(=O)N2CCC(C(=O)OCc3ccccc3C(F)(F)F)CC2)cc1C. The summed E-state index contributed by atoms with van der Waals surface area (Å²) in [7, 11) is -3.67. The van der Waals surface area contributed by atoms with Crippen molar-refractivity contribution in [2.45, 2.75) is 44.4 Å². The molecule has 5 nitrogen and oxygen atoms in total. The zero-order chi connectivity index (χ0) is 22.8. The molecule has 168 valence electrons. The lowest BCUT2D eigenvalue weighted by Crippen LogP contribution is -2.40. The van der Waals surface area contributed by atoms with Crippen LogP contribution in [0.2, 0.25) is 0 Å². The van der Waals surface area contributed by atoms with Crippen LogP contribution in [-0.2, 0) is 32.3 Å². The molecule has 0 unspecified atom stereocenters. The van der Waals surface area contributed by atoms with Crippen molar-refractivity contribution in [3.05, 3.63) is 64.7 Å². The standard InChI is InChI=1S/C22H24F3NO4S/c1-15-7-8-19(13-16(15)2)31(28,29)26-11-9-17(10-12-26)21(27)30-14-18-5-3-4-6-20(18)22(23,24)25/h3-8,13,17H,9-12,14H2,1-2H3. The first-order valence-electron chi connectivity index (χ1n) is 9.89. The van der Waals surface area contributed by atoms with Gasteiger partial charge in [-0.15, -0.1) is 0 Å². The van der Waals surface area contributed by atoms with Crippen LogP contribution in [0.5, 0.6) is 0 Å². The molecule has 0 aliphatic carbocycles. The first-order valence-corrected chi connectivity index (χ1v) is 11.3. The highest BCUT2D eigenvalue weighted by Gasteiger charge is 2.35. The molecule has 0 radical (unpaired) electrons. The van der Waals surface area contributed by atoms with E-state index in [0.29, 0.717) is 0 Å². The van der Waals surface area contributed by atoms with Gasteiger partial charge in [-0.2, -0.15) is 17.5 Å². The molecule has 0 bridgehead atoms. The van der Waals surface area contributed by atoms with E-state index < -0.39 is 40.3 Å². The third kappa shape index (κ3) is 5.27. The average molecular weight is 455 g/mol. The predicted octanol–water partition coefficient (Wildman–Crippen LogP) is 4.47. The molecule has 1 saturated heterocycles. The van der Waals surface area contributed by atoms with Gasteiger partial charge in [-0.05, 0) is 56.0 Å². The van der Waals surface area contributed by atoms with E-state index in [-0.39, 0.29) is 36.4 Å². The smallest absolute Gasteiger partial charge is 0.416 e. The fourth-order valence-electron chi connectivity index (χ4n) is 3.54. The van der Waals surface area contributed by atoms with Gasteiger partial charge in [0.1, 0.15) is 6.61 Å². The number of carbonyl (C=O) groups is 1. The molecule has 2 aromatic rings. The van der Waals surface area contributed by atoms with Crippen molar-refractivity contribution in [2.75, 3.05) is 13.1 Å².